The number of nitrogens with zero attached hydrogens (tertiary/aromatic N) is 1. The highest BCUT2D eigenvalue weighted by molar-refractivity contribution is 7.89. The normalized spacial score (nSPS) is 16.1. The van der Waals surface area contributed by atoms with Crippen LogP contribution in [0.15, 0.2) is 53.4 Å². The van der Waals surface area contributed by atoms with Crippen molar-refractivity contribution in [2.45, 2.75) is 4.90 Å². The molecule has 0 radical (unpaired) electrons. The summed E-state index contributed by atoms with van der Waals surface area (Å²) in [7, 11) is -3.57. The molecule has 0 aromatic heterocycles. The van der Waals surface area contributed by atoms with Crippen LogP contribution in [0.2, 0.25) is 0 Å². The summed E-state index contributed by atoms with van der Waals surface area (Å²) < 4.78 is 42.2. The van der Waals surface area contributed by atoms with Gasteiger partial charge in [-0.25, -0.2) is 8.42 Å². The summed E-state index contributed by atoms with van der Waals surface area (Å²) in [5.41, 5.74) is 5.53. The van der Waals surface area contributed by atoms with E-state index in [4.69, 9.17) is 14.2 Å². The number of rotatable bonds is 5. The van der Waals surface area contributed by atoms with Gasteiger partial charge in [-0.3, -0.25) is 20.4 Å². The first-order chi connectivity index (χ1) is 15.4. The van der Waals surface area contributed by atoms with Gasteiger partial charge in [-0.15, -0.1) is 0 Å². The van der Waals surface area contributed by atoms with Crippen LogP contribution in [0.1, 0.15) is 15.9 Å². The van der Waals surface area contributed by atoms with Gasteiger partial charge in [0.1, 0.15) is 0 Å². The number of ether oxygens (including phenoxy) is 3. The molecule has 10 nitrogen and oxygen atoms in total. The minimum atomic E-state index is -3.57. The maximum absolute atomic E-state index is 12.6. The molecule has 0 atom stereocenters. The first-order valence-corrected chi connectivity index (χ1v) is 11.2. The van der Waals surface area contributed by atoms with E-state index in [-0.39, 0.29) is 11.7 Å². The summed E-state index contributed by atoms with van der Waals surface area (Å²) in [5.74, 6) is -0.0490. The number of amides is 2. The zero-order chi connectivity index (χ0) is 22.6. The average molecular weight is 459 g/mol. The Balaban J connectivity index is 1.31. The van der Waals surface area contributed by atoms with Crippen molar-refractivity contribution < 1.29 is 32.2 Å². The van der Waals surface area contributed by atoms with Gasteiger partial charge in [0.05, 0.1) is 18.1 Å². The average Bonchev–Trinajstić information content (AvgIpc) is 3.30. The van der Waals surface area contributed by atoms with Gasteiger partial charge in [-0.05, 0) is 42.0 Å². The van der Waals surface area contributed by atoms with Crippen molar-refractivity contribution in [3.8, 4) is 11.5 Å². The predicted molar refractivity (Wildman–Crippen MR) is 113 cm³/mol. The van der Waals surface area contributed by atoms with Crippen LogP contribution in [0.3, 0.4) is 0 Å². The molecule has 1 saturated heterocycles. The van der Waals surface area contributed by atoms with E-state index in [1.165, 1.54) is 34.7 Å². The molecule has 11 heteroatoms. The number of carbonyl (C=O) groups excluding carboxylic acids is 2. The topological polar surface area (TPSA) is 123 Å². The molecule has 2 aromatic rings. The fourth-order valence-electron chi connectivity index (χ4n) is 3.13. The number of hydrogen-bond donors (Lipinski definition) is 2. The maximum atomic E-state index is 12.6. The summed E-state index contributed by atoms with van der Waals surface area (Å²) in [5, 5.41) is 0. The van der Waals surface area contributed by atoms with Crippen molar-refractivity contribution in [3.63, 3.8) is 0 Å². The summed E-state index contributed by atoms with van der Waals surface area (Å²) in [6.45, 7) is 1.49. The van der Waals surface area contributed by atoms with Gasteiger partial charge in [0.15, 0.2) is 11.5 Å². The monoisotopic (exact) mass is 459 g/mol. The molecular weight excluding hydrogens is 438 g/mol. The van der Waals surface area contributed by atoms with Crippen LogP contribution < -0.4 is 20.3 Å². The molecule has 32 heavy (non-hydrogen) atoms. The quantitative estimate of drug-likeness (QED) is 0.503. The molecule has 2 amide bonds. The van der Waals surface area contributed by atoms with Gasteiger partial charge in [-0.2, -0.15) is 4.31 Å². The van der Waals surface area contributed by atoms with Gasteiger partial charge in [-0.1, -0.05) is 12.1 Å². The molecule has 0 bridgehead atoms. The molecule has 2 aliphatic heterocycles. The third kappa shape index (κ3) is 4.90. The molecule has 168 valence electrons. The fraction of sp³-hybridized carbons (Fsp3) is 0.238. The Kier molecular flexibility index (Phi) is 6.40. The highest BCUT2D eigenvalue weighted by Crippen LogP contribution is 2.32. The summed E-state index contributed by atoms with van der Waals surface area (Å²) in [4.78, 5) is 24.3. The summed E-state index contributed by atoms with van der Waals surface area (Å²) in [6, 6.07) is 10.9. The summed E-state index contributed by atoms with van der Waals surface area (Å²) >= 11 is 0. The largest absolute Gasteiger partial charge is 0.454 e. The number of morpholine rings is 1. The van der Waals surface area contributed by atoms with Crippen molar-refractivity contribution >= 4 is 27.9 Å². The van der Waals surface area contributed by atoms with Crippen LogP contribution in [0.25, 0.3) is 6.08 Å². The zero-order valence-electron chi connectivity index (χ0n) is 16.9. The van der Waals surface area contributed by atoms with Crippen LogP contribution in [0, 0.1) is 0 Å². The van der Waals surface area contributed by atoms with Crippen LogP contribution in [0.4, 0.5) is 0 Å². The van der Waals surface area contributed by atoms with Crippen molar-refractivity contribution in [1.29, 1.82) is 0 Å². The highest BCUT2D eigenvalue weighted by atomic mass is 32.2. The Bertz CT molecular complexity index is 1140. The minimum absolute atomic E-state index is 0.0993. The van der Waals surface area contributed by atoms with E-state index >= 15 is 0 Å². The first kappa shape index (κ1) is 21.8. The molecule has 0 spiro atoms. The smallest absolute Gasteiger partial charge is 0.269 e. The minimum Gasteiger partial charge on any atom is -0.454 e. The number of benzene rings is 2. The standard InChI is InChI=1S/C21H21N3O7S/c25-20(22-23-21(26)16-4-7-18-19(13-16)31-14-30-18)8-3-15-1-5-17(6-2-15)32(27,28)24-9-11-29-12-10-24/h1-8,13H,9-12,14H2,(H,22,25)(H,23,26)/b8-3+. The van der Waals surface area contributed by atoms with Crippen LogP contribution in [-0.4, -0.2) is 57.6 Å². The van der Waals surface area contributed by atoms with Gasteiger partial charge in [0.2, 0.25) is 16.8 Å². The van der Waals surface area contributed by atoms with Gasteiger partial charge in [0.25, 0.3) is 11.8 Å². The molecule has 2 aliphatic rings. The number of fused-ring (bicyclic) bond motifs is 1. The molecule has 0 aliphatic carbocycles. The van der Waals surface area contributed by atoms with E-state index in [2.05, 4.69) is 10.9 Å². The lowest BCUT2D eigenvalue weighted by Crippen LogP contribution is -2.40. The van der Waals surface area contributed by atoms with Crippen molar-refractivity contribution in [1.82, 2.24) is 15.2 Å². The van der Waals surface area contributed by atoms with E-state index in [1.54, 1.807) is 24.3 Å². The van der Waals surface area contributed by atoms with Gasteiger partial charge in [0, 0.05) is 24.7 Å². The summed E-state index contributed by atoms with van der Waals surface area (Å²) in [6.07, 6.45) is 2.73. The maximum Gasteiger partial charge on any atom is 0.269 e. The molecule has 2 heterocycles. The number of hydrazine groups is 1. The van der Waals surface area contributed by atoms with E-state index in [9.17, 15) is 18.0 Å². The second kappa shape index (κ2) is 9.39. The molecule has 2 N–H and O–H groups in total. The first-order valence-electron chi connectivity index (χ1n) is 9.79. The third-order valence-corrected chi connectivity index (χ3v) is 6.76. The van der Waals surface area contributed by atoms with Crippen LogP contribution >= 0.6 is 0 Å². The molecule has 1 fully saturated rings. The van der Waals surface area contributed by atoms with Crippen molar-refractivity contribution in [3.05, 3.63) is 59.7 Å². The number of nitrogens with one attached hydrogen (secondary N) is 2. The Morgan fingerprint density at radius 3 is 2.41 bits per heavy atom. The highest BCUT2D eigenvalue weighted by Gasteiger charge is 2.26. The second-order valence-electron chi connectivity index (χ2n) is 6.93. The number of carbonyl (C=O) groups is 2. The fourth-order valence-corrected chi connectivity index (χ4v) is 4.54. The number of hydrogen-bond acceptors (Lipinski definition) is 7. The van der Waals surface area contributed by atoms with E-state index in [0.717, 1.165) is 0 Å². The Hall–Kier alpha value is -3.41. The van der Waals surface area contributed by atoms with Crippen LogP contribution in [-0.2, 0) is 19.6 Å². The Morgan fingerprint density at radius 2 is 1.66 bits per heavy atom. The predicted octanol–water partition coefficient (Wildman–Crippen LogP) is 0.911. The van der Waals surface area contributed by atoms with E-state index < -0.39 is 21.8 Å². The van der Waals surface area contributed by atoms with E-state index in [1.807, 2.05) is 0 Å². The van der Waals surface area contributed by atoms with Gasteiger partial charge < -0.3 is 14.2 Å². The van der Waals surface area contributed by atoms with Crippen molar-refractivity contribution in [2.75, 3.05) is 33.1 Å². The Labute approximate surface area is 184 Å². The molecule has 4 rings (SSSR count). The molecule has 0 saturated carbocycles. The second-order valence-corrected chi connectivity index (χ2v) is 8.87. The van der Waals surface area contributed by atoms with Crippen LogP contribution in [0.5, 0.6) is 11.5 Å². The zero-order valence-corrected chi connectivity index (χ0v) is 17.8. The molecule has 0 unspecified atom stereocenters. The van der Waals surface area contributed by atoms with Crippen molar-refractivity contribution in [2.24, 2.45) is 0 Å². The molecular formula is C21H21N3O7S. The Morgan fingerprint density at radius 1 is 0.938 bits per heavy atom. The van der Waals surface area contributed by atoms with E-state index in [0.29, 0.717) is 48.9 Å². The molecule has 2 aromatic carbocycles. The van der Waals surface area contributed by atoms with Gasteiger partial charge >= 0.3 is 0 Å². The number of sulfonamides is 1. The third-order valence-electron chi connectivity index (χ3n) is 4.85. The lowest BCUT2D eigenvalue weighted by molar-refractivity contribution is -0.117. The lowest BCUT2D eigenvalue weighted by Gasteiger charge is -2.26. The SMILES string of the molecule is O=C(/C=C/c1ccc(S(=O)(=O)N2CCOCC2)cc1)NNC(=O)c1ccc2c(c1)OCO2. The lowest BCUT2D eigenvalue weighted by atomic mass is 10.2.